The molecular weight excluding hydrogens is 340 g/mol. The molecule has 0 saturated heterocycles. The van der Waals surface area contributed by atoms with Crippen molar-refractivity contribution in [2.45, 2.75) is 26.2 Å². The molecule has 1 heterocycles. The number of aliphatic imine (C=N–C) groups is 1. The van der Waals surface area contributed by atoms with Crippen LogP contribution >= 0.6 is 0 Å². The maximum Gasteiger partial charge on any atom is 0.288 e. The molecule has 0 radical (unpaired) electrons. The van der Waals surface area contributed by atoms with Crippen molar-refractivity contribution >= 4 is 23.3 Å². The maximum atomic E-state index is 12.5. The predicted octanol–water partition coefficient (Wildman–Crippen LogP) is 2.55. The summed E-state index contributed by atoms with van der Waals surface area (Å²) < 4.78 is 0. The normalized spacial score (nSPS) is 15.0. The summed E-state index contributed by atoms with van der Waals surface area (Å²) in [5, 5.41) is 4.30. The Balaban J connectivity index is 1.64. The standard InChI is InChI=1S/C21H24N4O2/c1-3-16(17-7-5-4-6-8-17)13-23-21(27)20-22-14-19(26)25(24-20)18-11-9-15(2)10-12-18/h4-12,16H,3,13-14H2,1-2H3,(H,22,24)(H,23,27). The zero-order valence-electron chi connectivity index (χ0n) is 15.6. The van der Waals surface area contributed by atoms with E-state index in [0.29, 0.717) is 12.2 Å². The molecule has 0 saturated carbocycles. The number of rotatable bonds is 6. The van der Waals surface area contributed by atoms with Crippen molar-refractivity contribution in [2.75, 3.05) is 18.1 Å². The first-order valence-corrected chi connectivity index (χ1v) is 9.12. The van der Waals surface area contributed by atoms with Gasteiger partial charge in [-0.25, -0.2) is 5.01 Å². The van der Waals surface area contributed by atoms with E-state index in [4.69, 9.17) is 0 Å². The lowest BCUT2D eigenvalue weighted by Crippen LogP contribution is -2.56. The monoisotopic (exact) mass is 364 g/mol. The van der Waals surface area contributed by atoms with Crippen LogP contribution in [0.4, 0.5) is 5.69 Å². The number of hydrogen-bond acceptors (Lipinski definition) is 4. The van der Waals surface area contributed by atoms with E-state index >= 15 is 0 Å². The quantitative estimate of drug-likeness (QED) is 0.827. The summed E-state index contributed by atoms with van der Waals surface area (Å²) in [6.45, 7) is 4.53. The number of nitrogens with zero attached hydrogens (tertiary/aromatic N) is 2. The Hall–Kier alpha value is -3.15. The fourth-order valence-corrected chi connectivity index (χ4v) is 2.97. The molecule has 1 aliphatic rings. The van der Waals surface area contributed by atoms with Crippen molar-refractivity contribution in [2.24, 2.45) is 4.99 Å². The Morgan fingerprint density at radius 1 is 1.19 bits per heavy atom. The summed E-state index contributed by atoms with van der Waals surface area (Å²) in [5.41, 5.74) is 5.81. The van der Waals surface area contributed by atoms with Gasteiger partial charge >= 0.3 is 0 Å². The summed E-state index contributed by atoms with van der Waals surface area (Å²) in [5.74, 6) is -0.132. The number of benzene rings is 2. The van der Waals surface area contributed by atoms with Gasteiger partial charge in [0.25, 0.3) is 11.8 Å². The van der Waals surface area contributed by atoms with Crippen LogP contribution in [0.5, 0.6) is 0 Å². The van der Waals surface area contributed by atoms with E-state index in [9.17, 15) is 9.59 Å². The third-order valence-corrected chi connectivity index (χ3v) is 4.62. The topological polar surface area (TPSA) is 73.8 Å². The molecule has 2 aromatic carbocycles. The van der Waals surface area contributed by atoms with Crippen LogP contribution in [0, 0.1) is 6.92 Å². The van der Waals surface area contributed by atoms with Gasteiger partial charge in [-0.15, -0.1) is 0 Å². The Kier molecular flexibility index (Phi) is 5.86. The summed E-state index contributed by atoms with van der Waals surface area (Å²) in [4.78, 5) is 28.8. The van der Waals surface area contributed by atoms with E-state index in [1.807, 2.05) is 49.4 Å². The minimum absolute atomic E-state index is 0.0560. The molecule has 1 unspecified atom stereocenters. The molecule has 0 aliphatic carbocycles. The minimum atomic E-state index is -0.311. The summed E-state index contributed by atoms with van der Waals surface area (Å²) >= 11 is 0. The molecule has 27 heavy (non-hydrogen) atoms. The van der Waals surface area contributed by atoms with E-state index in [1.165, 1.54) is 10.6 Å². The van der Waals surface area contributed by atoms with Gasteiger partial charge in [0, 0.05) is 12.5 Å². The molecule has 0 bridgehead atoms. The lowest BCUT2D eigenvalue weighted by Gasteiger charge is -2.28. The third-order valence-electron chi connectivity index (χ3n) is 4.62. The molecule has 1 aliphatic heterocycles. The molecule has 0 fully saturated rings. The minimum Gasteiger partial charge on any atom is -0.349 e. The SMILES string of the molecule is CCC(CNC(=O)C1=NCC(=O)N(c2ccc(C)cc2)N1)c1ccccc1. The van der Waals surface area contributed by atoms with Crippen molar-refractivity contribution in [3.05, 3.63) is 65.7 Å². The Labute approximate surface area is 159 Å². The predicted molar refractivity (Wildman–Crippen MR) is 107 cm³/mol. The number of hydrazine groups is 1. The van der Waals surface area contributed by atoms with Gasteiger partial charge in [-0.3, -0.25) is 20.0 Å². The van der Waals surface area contributed by atoms with Gasteiger partial charge in [0.2, 0.25) is 5.84 Å². The van der Waals surface area contributed by atoms with Crippen LogP contribution in [-0.4, -0.2) is 30.7 Å². The second kappa shape index (κ2) is 8.49. The lowest BCUT2D eigenvalue weighted by molar-refractivity contribution is -0.118. The van der Waals surface area contributed by atoms with Gasteiger partial charge in [-0.2, -0.15) is 0 Å². The molecule has 0 aromatic heterocycles. The van der Waals surface area contributed by atoms with Crippen molar-refractivity contribution in [1.29, 1.82) is 0 Å². The molecule has 2 aromatic rings. The third kappa shape index (κ3) is 4.53. The van der Waals surface area contributed by atoms with Crippen LogP contribution in [0.3, 0.4) is 0 Å². The average Bonchev–Trinajstić information content (AvgIpc) is 2.70. The van der Waals surface area contributed by atoms with E-state index in [1.54, 1.807) is 0 Å². The van der Waals surface area contributed by atoms with E-state index in [-0.39, 0.29) is 30.1 Å². The van der Waals surface area contributed by atoms with Crippen LogP contribution in [-0.2, 0) is 9.59 Å². The smallest absolute Gasteiger partial charge is 0.288 e. The number of amidine groups is 1. The van der Waals surface area contributed by atoms with Crippen LogP contribution in [0.25, 0.3) is 0 Å². The first kappa shape index (κ1) is 18.6. The van der Waals surface area contributed by atoms with Crippen molar-refractivity contribution < 1.29 is 9.59 Å². The van der Waals surface area contributed by atoms with Crippen molar-refractivity contribution in [1.82, 2.24) is 10.7 Å². The molecule has 2 N–H and O–H groups in total. The highest BCUT2D eigenvalue weighted by molar-refractivity contribution is 6.39. The van der Waals surface area contributed by atoms with Crippen molar-refractivity contribution in [3.63, 3.8) is 0 Å². The van der Waals surface area contributed by atoms with Crippen LogP contribution in [0.2, 0.25) is 0 Å². The molecule has 6 heteroatoms. The van der Waals surface area contributed by atoms with Gasteiger partial charge < -0.3 is 5.32 Å². The number of aryl methyl sites for hydroxylation is 1. The lowest BCUT2D eigenvalue weighted by atomic mass is 9.96. The molecule has 0 spiro atoms. The molecule has 3 rings (SSSR count). The van der Waals surface area contributed by atoms with E-state index in [0.717, 1.165) is 12.0 Å². The first-order valence-electron chi connectivity index (χ1n) is 9.12. The number of carbonyl (C=O) groups excluding carboxylic acids is 2. The van der Waals surface area contributed by atoms with Gasteiger partial charge in [0.15, 0.2) is 0 Å². The number of nitrogens with one attached hydrogen (secondary N) is 2. The number of amides is 2. The maximum absolute atomic E-state index is 12.5. The van der Waals surface area contributed by atoms with Crippen molar-refractivity contribution in [3.8, 4) is 0 Å². The first-order chi connectivity index (χ1) is 13.1. The average molecular weight is 364 g/mol. The highest BCUT2D eigenvalue weighted by Gasteiger charge is 2.25. The molecule has 1 atom stereocenters. The second-order valence-electron chi connectivity index (χ2n) is 6.57. The highest BCUT2D eigenvalue weighted by Crippen LogP contribution is 2.18. The van der Waals surface area contributed by atoms with Crippen LogP contribution in [0.15, 0.2) is 59.6 Å². The molecule has 6 nitrogen and oxygen atoms in total. The molecule has 140 valence electrons. The van der Waals surface area contributed by atoms with Gasteiger partial charge in [0.1, 0.15) is 6.54 Å². The van der Waals surface area contributed by atoms with Crippen LogP contribution in [0.1, 0.15) is 30.4 Å². The molecular formula is C21H24N4O2. The highest BCUT2D eigenvalue weighted by atomic mass is 16.2. The number of anilines is 1. The Bertz CT molecular complexity index is 831. The second-order valence-corrected chi connectivity index (χ2v) is 6.57. The zero-order valence-corrected chi connectivity index (χ0v) is 15.6. The largest absolute Gasteiger partial charge is 0.349 e. The van der Waals surface area contributed by atoms with Gasteiger partial charge in [-0.05, 0) is 31.0 Å². The fraction of sp³-hybridized carbons (Fsp3) is 0.286. The Morgan fingerprint density at radius 3 is 2.56 bits per heavy atom. The molecule has 2 amide bonds. The number of hydrogen-bond donors (Lipinski definition) is 2. The fourth-order valence-electron chi connectivity index (χ4n) is 2.97. The number of carbonyl (C=O) groups is 2. The summed E-state index contributed by atoms with van der Waals surface area (Å²) in [6, 6.07) is 17.6. The van der Waals surface area contributed by atoms with Gasteiger partial charge in [-0.1, -0.05) is 55.0 Å². The van der Waals surface area contributed by atoms with E-state index < -0.39 is 0 Å². The van der Waals surface area contributed by atoms with Gasteiger partial charge in [0.05, 0.1) is 5.69 Å². The summed E-state index contributed by atoms with van der Waals surface area (Å²) in [7, 11) is 0. The van der Waals surface area contributed by atoms with E-state index in [2.05, 4.69) is 34.8 Å². The van der Waals surface area contributed by atoms with Crippen LogP contribution < -0.4 is 15.8 Å². The summed E-state index contributed by atoms with van der Waals surface area (Å²) in [6.07, 6.45) is 0.915. The zero-order chi connectivity index (χ0) is 19.2. The Morgan fingerprint density at radius 2 is 1.89 bits per heavy atom.